The largest absolute Gasteiger partial charge is 0.479 e. The van der Waals surface area contributed by atoms with Gasteiger partial charge in [-0.1, -0.05) is 37.3 Å². The van der Waals surface area contributed by atoms with E-state index in [-0.39, 0.29) is 12.8 Å². The van der Waals surface area contributed by atoms with E-state index in [1.807, 2.05) is 30.3 Å². The number of carboxylic acids is 1. The molecule has 5 heteroatoms. The minimum atomic E-state index is -1.37. The number of hydrogen-bond acceptors (Lipinski definition) is 3. The quantitative estimate of drug-likeness (QED) is 0.875. The van der Waals surface area contributed by atoms with Crippen molar-refractivity contribution in [2.45, 2.75) is 51.7 Å². The zero-order chi connectivity index (χ0) is 16.1. The van der Waals surface area contributed by atoms with Gasteiger partial charge in [-0.3, -0.25) is 0 Å². The zero-order valence-electron chi connectivity index (χ0n) is 13.0. The van der Waals surface area contributed by atoms with Crippen LogP contribution in [0.5, 0.6) is 0 Å². The Morgan fingerprint density at radius 3 is 2.19 bits per heavy atom. The van der Waals surface area contributed by atoms with E-state index in [0.29, 0.717) is 0 Å². The van der Waals surface area contributed by atoms with E-state index >= 15 is 0 Å². The van der Waals surface area contributed by atoms with Gasteiger partial charge in [0.1, 0.15) is 11.1 Å². The fourth-order valence-corrected chi connectivity index (χ4v) is 1.98. The van der Waals surface area contributed by atoms with Crippen LogP contribution in [0.4, 0.5) is 4.79 Å². The highest BCUT2D eigenvalue weighted by Gasteiger charge is 2.39. The highest BCUT2D eigenvalue weighted by molar-refractivity contribution is 5.84. The van der Waals surface area contributed by atoms with Crippen LogP contribution in [0.2, 0.25) is 0 Å². The van der Waals surface area contributed by atoms with Gasteiger partial charge >= 0.3 is 12.1 Å². The number of aliphatic carboxylic acids is 1. The number of ether oxygens (including phenoxy) is 1. The third kappa shape index (κ3) is 5.10. The second-order valence-corrected chi connectivity index (χ2v) is 6.03. The van der Waals surface area contributed by atoms with Gasteiger partial charge in [-0.05, 0) is 32.8 Å². The van der Waals surface area contributed by atoms with Gasteiger partial charge in [0.05, 0.1) is 0 Å². The first-order valence-electron chi connectivity index (χ1n) is 6.97. The van der Waals surface area contributed by atoms with Crippen LogP contribution in [0, 0.1) is 0 Å². The fourth-order valence-electron chi connectivity index (χ4n) is 1.98. The molecule has 0 fully saturated rings. The molecular formula is C16H23NO4. The van der Waals surface area contributed by atoms with Gasteiger partial charge in [0, 0.05) is 6.42 Å². The predicted octanol–water partition coefficient (Wildman–Crippen LogP) is 2.99. The lowest BCUT2D eigenvalue weighted by atomic mass is 9.88. The molecule has 1 aromatic rings. The van der Waals surface area contributed by atoms with Crippen molar-refractivity contribution in [2.75, 3.05) is 0 Å². The Balaban J connectivity index is 2.94. The molecule has 0 aliphatic heterocycles. The summed E-state index contributed by atoms with van der Waals surface area (Å²) in [5.74, 6) is -1.07. The van der Waals surface area contributed by atoms with Crippen molar-refractivity contribution in [1.29, 1.82) is 0 Å². The second kappa shape index (κ2) is 6.61. The molecule has 116 valence electrons. The van der Waals surface area contributed by atoms with Gasteiger partial charge in [-0.2, -0.15) is 0 Å². The molecule has 0 heterocycles. The van der Waals surface area contributed by atoms with Crippen molar-refractivity contribution >= 4 is 12.1 Å². The molecule has 0 radical (unpaired) electrons. The van der Waals surface area contributed by atoms with E-state index < -0.39 is 23.2 Å². The first-order valence-corrected chi connectivity index (χ1v) is 6.97. The maximum Gasteiger partial charge on any atom is 0.408 e. The molecule has 1 atom stereocenters. The van der Waals surface area contributed by atoms with Gasteiger partial charge in [0.25, 0.3) is 0 Å². The van der Waals surface area contributed by atoms with E-state index in [1.54, 1.807) is 27.7 Å². The summed E-state index contributed by atoms with van der Waals surface area (Å²) in [6.07, 6.45) is -0.252. The molecule has 0 saturated carbocycles. The normalized spacial score (nSPS) is 14.1. The average Bonchev–Trinajstić information content (AvgIpc) is 2.36. The van der Waals surface area contributed by atoms with Crippen LogP contribution in [0.15, 0.2) is 30.3 Å². The van der Waals surface area contributed by atoms with E-state index in [1.165, 1.54) is 0 Å². The number of amides is 1. The van der Waals surface area contributed by atoms with Crippen LogP contribution in [0.3, 0.4) is 0 Å². The maximum atomic E-state index is 11.9. The summed E-state index contributed by atoms with van der Waals surface area (Å²) in [6.45, 7) is 6.93. The first kappa shape index (κ1) is 17.0. The lowest BCUT2D eigenvalue weighted by molar-refractivity contribution is -0.145. The smallest absolute Gasteiger partial charge is 0.408 e. The van der Waals surface area contributed by atoms with Crippen LogP contribution in [0.25, 0.3) is 0 Å². The van der Waals surface area contributed by atoms with Crippen LogP contribution < -0.4 is 5.32 Å². The number of carboxylic acid groups (broad SMARTS) is 1. The van der Waals surface area contributed by atoms with Crippen molar-refractivity contribution < 1.29 is 19.4 Å². The van der Waals surface area contributed by atoms with Crippen LogP contribution >= 0.6 is 0 Å². The average molecular weight is 293 g/mol. The molecule has 5 nitrogen and oxygen atoms in total. The number of rotatable bonds is 5. The molecule has 21 heavy (non-hydrogen) atoms. The van der Waals surface area contributed by atoms with Crippen LogP contribution in [-0.2, 0) is 16.0 Å². The lowest BCUT2D eigenvalue weighted by Gasteiger charge is -2.31. The maximum absolute atomic E-state index is 11.9. The Morgan fingerprint density at radius 1 is 1.19 bits per heavy atom. The van der Waals surface area contributed by atoms with Gasteiger partial charge in [-0.25, -0.2) is 9.59 Å². The molecule has 0 aliphatic rings. The molecular weight excluding hydrogens is 270 g/mol. The Labute approximate surface area is 125 Å². The Kier molecular flexibility index (Phi) is 5.35. The Morgan fingerprint density at radius 2 is 1.76 bits per heavy atom. The Bertz CT molecular complexity index is 493. The van der Waals surface area contributed by atoms with E-state index in [0.717, 1.165) is 5.56 Å². The summed E-state index contributed by atoms with van der Waals surface area (Å²) in [7, 11) is 0. The van der Waals surface area contributed by atoms with Crippen LogP contribution in [0.1, 0.15) is 39.7 Å². The Hall–Kier alpha value is -2.04. The van der Waals surface area contributed by atoms with Crippen molar-refractivity contribution in [3.8, 4) is 0 Å². The molecule has 1 unspecified atom stereocenters. The third-order valence-corrected chi connectivity index (χ3v) is 3.10. The van der Waals surface area contributed by atoms with Gasteiger partial charge < -0.3 is 15.2 Å². The molecule has 0 aromatic heterocycles. The molecule has 0 saturated heterocycles. The van der Waals surface area contributed by atoms with Crippen molar-refractivity contribution in [3.63, 3.8) is 0 Å². The monoisotopic (exact) mass is 293 g/mol. The first-order chi connectivity index (χ1) is 9.68. The summed E-state index contributed by atoms with van der Waals surface area (Å²) in [6, 6.07) is 9.21. The molecule has 1 rings (SSSR count). The van der Waals surface area contributed by atoms with Crippen molar-refractivity contribution in [2.24, 2.45) is 0 Å². The minimum Gasteiger partial charge on any atom is -0.479 e. The summed E-state index contributed by atoms with van der Waals surface area (Å²) in [5, 5.41) is 12.1. The number of hydrogen-bond donors (Lipinski definition) is 2. The number of benzene rings is 1. The molecule has 1 aromatic carbocycles. The topological polar surface area (TPSA) is 75.6 Å². The van der Waals surface area contributed by atoms with Gasteiger partial charge in [-0.15, -0.1) is 0 Å². The van der Waals surface area contributed by atoms with Crippen molar-refractivity contribution in [1.82, 2.24) is 5.32 Å². The zero-order valence-corrected chi connectivity index (χ0v) is 13.0. The summed E-state index contributed by atoms with van der Waals surface area (Å²) >= 11 is 0. The van der Waals surface area contributed by atoms with E-state index in [9.17, 15) is 14.7 Å². The summed E-state index contributed by atoms with van der Waals surface area (Å²) in [4.78, 5) is 23.6. The van der Waals surface area contributed by atoms with Gasteiger partial charge in [0.15, 0.2) is 0 Å². The highest BCUT2D eigenvalue weighted by Crippen LogP contribution is 2.19. The number of nitrogens with one attached hydrogen (secondary N) is 1. The summed E-state index contributed by atoms with van der Waals surface area (Å²) < 4.78 is 5.17. The standard InChI is InChI=1S/C16H23NO4/c1-5-16(13(18)19,11-12-9-7-6-8-10-12)17-14(20)21-15(2,3)4/h6-10H,5,11H2,1-4H3,(H,17,20)(H,18,19). The van der Waals surface area contributed by atoms with Gasteiger partial charge in [0.2, 0.25) is 0 Å². The number of alkyl carbamates (subject to hydrolysis) is 1. The fraction of sp³-hybridized carbons (Fsp3) is 0.500. The van der Waals surface area contributed by atoms with E-state index in [4.69, 9.17) is 4.74 Å². The van der Waals surface area contributed by atoms with Crippen LogP contribution in [-0.4, -0.2) is 28.3 Å². The molecule has 0 spiro atoms. The van der Waals surface area contributed by atoms with Crippen molar-refractivity contribution in [3.05, 3.63) is 35.9 Å². The molecule has 0 bridgehead atoms. The highest BCUT2D eigenvalue weighted by atomic mass is 16.6. The lowest BCUT2D eigenvalue weighted by Crippen LogP contribution is -2.56. The SMILES string of the molecule is CCC(Cc1ccccc1)(NC(=O)OC(C)(C)C)C(=O)O. The number of carbonyl (C=O) groups is 2. The molecule has 2 N–H and O–H groups in total. The predicted molar refractivity (Wildman–Crippen MR) is 80.2 cm³/mol. The minimum absolute atomic E-state index is 0.207. The number of carbonyl (C=O) groups excluding carboxylic acids is 1. The summed E-state index contributed by atoms with van der Waals surface area (Å²) in [5.41, 5.74) is -1.20. The third-order valence-electron chi connectivity index (χ3n) is 3.10. The molecule has 0 aliphatic carbocycles. The van der Waals surface area contributed by atoms with E-state index in [2.05, 4.69) is 5.32 Å². The molecule has 1 amide bonds. The second-order valence-electron chi connectivity index (χ2n) is 6.03.